The molecular weight excluding hydrogens is 417 g/mol. The van der Waals surface area contributed by atoms with E-state index in [1.54, 1.807) is 7.11 Å². The summed E-state index contributed by atoms with van der Waals surface area (Å²) in [7, 11) is 3.60. The lowest BCUT2D eigenvalue weighted by Gasteiger charge is -2.21. The lowest BCUT2D eigenvalue weighted by atomic mass is 10.1. The first-order chi connectivity index (χ1) is 11.2. The summed E-state index contributed by atoms with van der Waals surface area (Å²) in [5.41, 5.74) is 3.19. The van der Waals surface area contributed by atoms with Gasteiger partial charge in [-0.2, -0.15) is 0 Å². The SMILES string of the molecule is CN=C(NCc1cn2c(C)cccc2n1)N1CCC(COC)C1.I. The van der Waals surface area contributed by atoms with E-state index in [1.165, 1.54) is 5.69 Å². The minimum absolute atomic E-state index is 0. The summed E-state index contributed by atoms with van der Waals surface area (Å²) in [6.07, 6.45) is 3.24. The maximum atomic E-state index is 5.26. The average Bonchev–Trinajstić information content (AvgIpc) is 3.16. The predicted molar refractivity (Wildman–Crippen MR) is 107 cm³/mol. The molecule has 0 bridgehead atoms. The van der Waals surface area contributed by atoms with E-state index in [9.17, 15) is 0 Å². The highest BCUT2D eigenvalue weighted by molar-refractivity contribution is 14.0. The average molecular weight is 443 g/mol. The Bertz CT molecular complexity index is 699. The van der Waals surface area contributed by atoms with Crippen LogP contribution < -0.4 is 5.32 Å². The third-order valence-electron chi connectivity index (χ3n) is 4.37. The summed E-state index contributed by atoms with van der Waals surface area (Å²) >= 11 is 0. The van der Waals surface area contributed by atoms with Crippen molar-refractivity contribution in [3.63, 3.8) is 0 Å². The van der Waals surface area contributed by atoms with Gasteiger partial charge in [0, 0.05) is 45.1 Å². The van der Waals surface area contributed by atoms with Crippen molar-refractivity contribution in [3.05, 3.63) is 35.8 Å². The number of pyridine rings is 1. The van der Waals surface area contributed by atoms with E-state index < -0.39 is 0 Å². The smallest absolute Gasteiger partial charge is 0.193 e. The first kappa shape index (κ1) is 19.0. The van der Waals surface area contributed by atoms with Crippen LogP contribution in [0.5, 0.6) is 0 Å². The van der Waals surface area contributed by atoms with Crippen molar-refractivity contribution in [2.45, 2.75) is 19.9 Å². The van der Waals surface area contributed by atoms with Crippen molar-refractivity contribution in [3.8, 4) is 0 Å². The number of hydrogen-bond acceptors (Lipinski definition) is 3. The second kappa shape index (κ2) is 8.66. The number of rotatable bonds is 4. The summed E-state index contributed by atoms with van der Waals surface area (Å²) in [6, 6.07) is 6.15. The molecule has 1 N–H and O–H groups in total. The van der Waals surface area contributed by atoms with E-state index in [0.29, 0.717) is 12.5 Å². The fourth-order valence-corrected chi connectivity index (χ4v) is 3.18. The number of methoxy groups -OCH3 is 1. The molecule has 1 atom stereocenters. The van der Waals surface area contributed by atoms with E-state index in [-0.39, 0.29) is 24.0 Å². The van der Waals surface area contributed by atoms with Gasteiger partial charge in [-0.25, -0.2) is 4.98 Å². The van der Waals surface area contributed by atoms with Gasteiger partial charge in [-0.1, -0.05) is 6.07 Å². The van der Waals surface area contributed by atoms with Gasteiger partial charge in [0.2, 0.25) is 0 Å². The van der Waals surface area contributed by atoms with Crippen molar-refractivity contribution < 1.29 is 4.74 Å². The second-order valence-electron chi connectivity index (χ2n) is 6.08. The third-order valence-corrected chi connectivity index (χ3v) is 4.37. The maximum Gasteiger partial charge on any atom is 0.193 e. The molecule has 3 heterocycles. The fourth-order valence-electron chi connectivity index (χ4n) is 3.18. The number of aliphatic imine (C=N–C) groups is 1. The molecule has 0 aliphatic carbocycles. The molecule has 0 saturated carbocycles. The molecule has 3 rings (SSSR count). The number of aryl methyl sites for hydroxylation is 1. The van der Waals surface area contributed by atoms with E-state index in [1.807, 2.05) is 19.2 Å². The van der Waals surface area contributed by atoms with Gasteiger partial charge in [0.05, 0.1) is 18.8 Å². The number of nitrogens with one attached hydrogen (secondary N) is 1. The molecule has 1 aliphatic heterocycles. The minimum Gasteiger partial charge on any atom is -0.384 e. The Hall–Kier alpha value is -1.35. The number of hydrogen-bond donors (Lipinski definition) is 1. The van der Waals surface area contributed by atoms with Crippen LogP contribution in [0, 0.1) is 12.8 Å². The summed E-state index contributed by atoms with van der Waals surface area (Å²) in [5.74, 6) is 1.54. The molecule has 0 aromatic carbocycles. The number of imidazole rings is 1. The molecule has 0 spiro atoms. The molecule has 1 unspecified atom stereocenters. The van der Waals surface area contributed by atoms with Gasteiger partial charge < -0.3 is 19.4 Å². The van der Waals surface area contributed by atoms with E-state index >= 15 is 0 Å². The quantitative estimate of drug-likeness (QED) is 0.448. The summed E-state index contributed by atoms with van der Waals surface area (Å²) < 4.78 is 7.38. The van der Waals surface area contributed by atoms with Gasteiger partial charge in [-0.05, 0) is 25.5 Å². The third kappa shape index (κ3) is 4.18. The molecule has 0 radical (unpaired) electrons. The van der Waals surface area contributed by atoms with Crippen LogP contribution >= 0.6 is 24.0 Å². The van der Waals surface area contributed by atoms with E-state index in [0.717, 1.165) is 43.4 Å². The molecule has 1 aliphatic rings. The largest absolute Gasteiger partial charge is 0.384 e. The van der Waals surface area contributed by atoms with E-state index in [4.69, 9.17) is 4.74 Å². The van der Waals surface area contributed by atoms with Crippen molar-refractivity contribution in [1.82, 2.24) is 19.6 Å². The van der Waals surface area contributed by atoms with Crippen LogP contribution in [0.15, 0.2) is 29.4 Å². The Morgan fingerprint density at radius 2 is 2.29 bits per heavy atom. The lowest BCUT2D eigenvalue weighted by Crippen LogP contribution is -2.39. The normalized spacial score (nSPS) is 18.0. The fraction of sp³-hybridized carbons (Fsp3) is 0.529. The Balaban J connectivity index is 0.00000208. The molecule has 2 aromatic rings. The first-order valence-electron chi connectivity index (χ1n) is 8.09. The second-order valence-corrected chi connectivity index (χ2v) is 6.08. The van der Waals surface area contributed by atoms with Crippen molar-refractivity contribution in [2.75, 3.05) is 33.9 Å². The summed E-state index contributed by atoms with van der Waals surface area (Å²) in [6.45, 7) is 5.61. The van der Waals surface area contributed by atoms with Gasteiger partial charge in [-0.15, -0.1) is 24.0 Å². The first-order valence-corrected chi connectivity index (χ1v) is 8.09. The predicted octanol–water partition coefficient (Wildman–Crippen LogP) is 2.30. The number of guanidine groups is 1. The van der Waals surface area contributed by atoms with Gasteiger partial charge >= 0.3 is 0 Å². The van der Waals surface area contributed by atoms with Gasteiger partial charge in [0.1, 0.15) is 5.65 Å². The van der Waals surface area contributed by atoms with Crippen molar-refractivity contribution in [2.24, 2.45) is 10.9 Å². The molecule has 0 amide bonds. The van der Waals surface area contributed by atoms with Crippen LogP contribution in [0.3, 0.4) is 0 Å². The van der Waals surface area contributed by atoms with Crippen LogP contribution in [0.4, 0.5) is 0 Å². The Labute approximate surface area is 160 Å². The Kier molecular flexibility index (Phi) is 6.85. The Morgan fingerprint density at radius 1 is 1.46 bits per heavy atom. The zero-order chi connectivity index (χ0) is 16.2. The van der Waals surface area contributed by atoms with Crippen LogP contribution in [0.1, 0.15) is 17.8 Å². The molecular formula is C17H26IN5O. The van der Waals surface area contributed by atoms with Crippen molar-refractivity contribution >= 4 is 35.6 Å². The molecule has 132 valence electrons. The van der Waals surface area contributed by atoms with Crippen LogP contribution in [0.25, 0.3) is 5.65 Å². The molecule has 1 fully saturated rings. The van der Waals surface area contributed by atoms with Crippen LogP contribution in [-0.4, -0.2) is 54.1 Å². The molecule has 7 heteroatoms. The molecule has 2 aromatic heterocycles. The number of ether oxygens (including phenoxy) is 1. The standard InChI is InChI=1S/C17H25N5O.HI/c1-13-5-4-6-16-20-15(11-22(13)16)9-19-17(18-2)21-8-7-14(10-21)12-23-3;/h4-6,11,14H,7-10,12H2,1-3H3,(H,18,19);1H. The van der Waals surface area contributed by atoms with Crippen LogP contribution in [0.2, 0.25) is 0 Å². The lowest BCUT2D eigenvalue weighted by molar-refractivity contribution is 0.157. The summed E-state index contributed by atoms with van der Waals surface area (Å²) in [5, 5.41) is 3.43. The monoisotopic (exact) mass is 443 g/mol. The van der Waals surface area contributed by atoms with Crippen molar-refractivity contribution in [1.29, 1.82) is 0 Å². The Morgan fingerprint density at radius 3 is 3.00 bits per heavy atom. The summed E-state index contributed by atoms with van der Waals surface area (Å²) in [4.78, 5) is 11.4. The van der Waals surface area contributed by atoms with Crippen LogP contribution in [-0.2, 0) is 11.3 Å². The van der Waals surface area contributed by atoms with Gasteiger partial charge in [0.25, 0.3) is 0 Å². The maximum absolute atomic E-state index is 5.26. The molecule has 6 nitrogen and oxygen atoms in total. The van der Waals surface area contributed by atoms with Gasteiger partial charge in [0.15, 0.2) is 5.96 Å². The number of nitrogens with zero attached hydrogens (tertiary/aromatic N) is 4. The zero-order valence-electron chi connectivity index (χ0n) is 14.5. The number of halogens is 1. The highest BCUT2D eigenvalue weighted by Crippen LogP contribution is 2.16. The number of likely N-dealkylation sites (tertiary alicyclic amines) is 1. The van der Waals surface area contributed by atoms with Gasteiger partial charge in [-0.3, -0.25) is 4.99 Å². The molecule has 1 saturated heterocycles. The zero-order valence-corrected chi connectivity index (χ0v) is 16.9. The van der Waals surface area contributed by atoms with E-state index in [2.05, 4.69) is 43.8 Å². The molecule has 24 heavy (non-hydrogen) atoms. The minimum atomic E-state index is 0. The highest BCUT2D eigenvalue weighted by Gasteiger charge is 2.24. The topological polar surface area (TPSA) is 54.2 Å². The number of fused-ring (bicyclic) bond motifs is 1. The highest BCUT2D eigenvalue weighted by atomic mass is 127. The number of aromatic nitrogens is 2.